The SMILES string of the molecule is COc1cc(NC(=O)N2CCC(C(=O)O)C2)ccn1. The molecule has 2 N–H and O–H groups in total. The first-order valence-electron chi connectivity index (χ1n) is 5.89. The number of likely N-dealkylation sites (tertiary alicyclic amines) is 1. The van der Waals surface area contributed by atoms with Crippen LogP contribution in [0.25, 0.3) is 0 Å². The Bertz CT molecular complexity index is 492. The number of ether oxygens (including phenoxy) is 1. The summed E-state index contributed by atoms with van der Waals surface area (Å²) in [7, 11) is 1.49. The second-order valence-corrected chi connectivity index (χ2v) is 4.29. The van der Waals surface area contributed by atoms with Crippen LogP contribution in [0.1, 0.15) is 6.42 Å². The molecule has 1 unspecified atom stereocenters. The zero-order valence-electron chi connectivity index (χ0n) is 10.5. The molecule has 1 saturated heterocycles. The van der Waals surface area contributed by atoms with E-state index in [4.69, 9.17) is 9.84 Å². The van der Waals surface area contributed by atoms with Crippen molar-refractivity contribution in [3.63, 3.8) is 0 Å². The summed E-state index contributed by atoms with van der Waals surface area (Å²) >= 11 is 0. The van der Waals surface area contributed by atoms with Crippen molar-refractivity contribution in [1.29, 1.82) is 0 Å². The van der Waals surface area contributed by atoms with Crippen molar-refractivity contribution in [3.8, 4) is 5.88 Å². The molecule has 0 radical (unpaired) electrons. The Morgan fingerprint density at radius 1 is 1.58 bits per heavy atom. The molecule has 1 aromatic heterocycles. The quantitative estimate of drug-likeness (QED) is 0.851. The Balaban J connectivity index is 1.96. The van der Waals surface area contributed by atoms with Crippen LogP contribution < -0.4 is 10.1 Å². The highest BCUT2D eigenvalue weighted by Crippen LogP contribution is 2.19. The summed E-state index contributed by atoms with van der Waals surface area (Å²) in [5, 5.41) is 11.6. The third-order valence-electron chi connectivity index (χ3n) is 3.02. The van der Waals surface area contributed by atoms with Crippen LogP contribution >= 0.6 is 0 Å². The van der Waals surface area contributed by atoms with Gasteiger partial charge in [-0.3, -0.25) is 4.79 Å². The number of pyridine rings is 1. The predicted octanol–water partition coefficient (Wildman–Crippen LogP) is 1.03. The lowest BCUT2D eigenvalue weighted by Crippen LogP contribution is -2.33. The highest BCUT2D eigenvalue weighted by Gasteiger charge is 2.30. The van der Waals surface area contributed by atoms with Crippen molar-refractivity contribution in [1.82, 2.24) is 9.88 Å². The fraction of sp³-hybridized carbons (Fsp3) is 0.417. The van der Waals surface area contributed by atoms with Gasteiger partial charge in [0, 0.05) is 31.0 Å². The van der Waals surface area contributed by atoms with Crippen molar-refractivity contribution in [2.24, 2.45) is 5.92 Å². The van der Waals surface area contributed by atoms with Gasteiger partial charge < -0.3 is 20.1 Å². The lowest BCUT2D eigenvalue weighted by atomic mass is 10.1. The molecule has 2 heterocycles. The van der Waals surface area contributed by atoms with Crippen molar-refractivity contribution >= 4 is 17.7 Å². The summed E-state index contributed by atoms with van der Waals surface area (Å²) in [4.78, 5) is 28.2. The number of carbonyl (C=O) groups excluding carboxylic acids is 1. The molecule has 1 aromatic rings. The van der Waals surface area contributed by atoms with E-state index in [9.17, 15) is 9.59 Å². The lowest BCUT2D eigenvalue weighted by Gasteiger charge is -2.16. The second-order valence-electron chi connectivity index (χ2n) is 4.29. The van der Waals surface area contributed by atoms with E-state index in [1.54, 1.807) is 12.1 Å². The van der Waals surface area contributed by atoms with Crippen LogP contribution in [0.15, 0.2) is 18.3 Å². The molecule has 7 heteroatoms. The molecule has 2 amide bonds. The van der Waals surface area contributed by atoms with E-state index in [0.717, 1.165) is 0 Å². The number of nitrogens with one attached hydrogen (secondary N) is 1. The first-order chi connectivity index (χ1) is 9.10. The topological polar surface area (TPSA) is 91.8 Å². The number of urea groups is 1. The molecule has 2 rings (SSSR count). The molecule has 1 aliphatic heterocycles. The molecule has 0 spiro atoms. The van der Waals surface area contributed by atoms with Gasteiger partial charge in [0.25, 0.3) is 0 Å². The lowest BCUT2D eigenvalue weighted by molar-refractivity contribution is -0.141. The highest BCUT2D eigenvalue weighted by atomic mass is 16.5. The second kappa shape index (κ2) is 5.55. The fourth-order valence-electron chi connectivity index (χ4n) is 1.95. The molecular formula is C12H15N3O4. The Morgan fingerprint density at radius 2 is 2.37 bits per heavy atom. The molecule has 0 aliphatic carbocycles. The minimum absolute atomic E-state index is 0.239. The number of hydrogen-bond acceptors (Lipinski definition) is 4. The van der Waals surface area contributed by atoms with E-state index in [1.165, 1.54) is 18.2 Å². The number of carbonyl (C=O) groups is 2. The van der Waals surface area contributed by atoms with Crippen LogP contribution in [0.4, 0.5) is 10.5 Å². The third kappa shape index (κ3) is 3.12. The molecule has 0 bridgehead atoms. The smallest absolute Gasteiger partial charge is 0.321 e. The van der Waals surface area contributed by atoms with Gasteiger partial charge in [0.2, 0.25) is 5.88 Å². The van der Waals surface area contributed by atoms with E-state index in [2.05, 4.69) is 10.3 Å². The molecule has 0 saturated carbocycles. The Hall–Kier alpha value is -2.31. The monoisotopic (exact) mass is 265 g/mol. The summed E-state index contributed by atoms with van der Waals surface area (Å²) in [6, 6.07) is 2.94. The number of nitrogens with zero attached hydrogens (tertiary/aromatic N) is 2. The van der Waals surface area contributed by atoms with Gasteiger partial charge in [-0.25, -0.2) is 9.78 Å². The minimum atomic E-state index is -0.860. The number of carboxylic acid groups (broad SMARTS) is 1. The zero-order chi connectivity index (χ0) is 13.8. The van der Waals surface area contributed by atoms with Crippen LogP contribution in [-0.4, -0.2) is 47.2 Å². The van der Waals surface area contributed by atoms with Crippen molar-refractivity contribution in [2.75, 3.05) is 25.5 Å². The molecule has 1 aliphatic rings. The number of hydrogen-bond donors (Lipinski definition) is 2. The molecular weight excluding hydrogens is 250 g/mol. The maximum Gasteiger partial charge on any atom is 0.321 e. The van der Waals surface area contributed by atoms with E-state index in [0.29, 0.717) is 24.5 Å². The largest absolute Gasteiger partial charge is 0.481 e. The molecule has 7 nitrogen and oxygen atoms in total. The normalized spacial score (nSPS) is 18.2. The van der Waals surface area contributed by atoms with Crippen LogP contribution in [0.2, 0.25) is 0 Å². The van der Waals surface area contributed by atoms with E-state index in [-0.39, 0.29) is 12.6 Å². The molecule has 1 fully saturated rings. The first-order valence-corrected chi connectivity index (χ1v) is 5.89. The van der Waals surface area contributed by atoms with E-state index >= 15 is 0 Å². The summed E-state index contributed by atoms with van der Waals surface area (Å²) in [6.45, 7) is 0.689. The van der Waals surface area contributed by atoms with Crippen LogP contribution in [0.5, 0.6) is 5.88 Å². The van der Waals surface area contributed by atoms with Crippen molar-refractivity contribution < 1.29 is 19.4 Å². The van der Waals surface area contributed by atoms with Gasteiger partial charge in [-0.1, -0.05) is 0 Å². The average molecular weight is 265 g/mol. The first kappa shape index (κ1) is 13.1. The summed E-state index contributed by atoms with van der Waals surface area (Å²) in [6.07, 6.45) is 2.01. The number of amides is 2. The van der Waals surface area contributed by atoms with E-state index < -0.39 is 11.9 Å². The van der Waals surface area contributed by atoms with Gasteiger partial charge in [-0.05, 0) is 12.5 Å². The molecule has 19 heavy (non-hydrogen) atoms. The van der Waals surface area contributed by atoms with Gasteiger partial charge in [-0.15, -0.1) is 0 Å². The number of methoxy groups -OCH3 is 1. The van der Waals surface area contributed by atoms with Gasteiger partial charge in [0.1, 0.15) is 0 Å². The van der Waals surface area contributed by atoms with Gasteiger partial charge in [0.15, 0.2) is 0 Å². The summed E-state index contributed by atoms with van der Waals surface area (Å²) in [5.74, 6) is -0.929. The van der Waals surface area contributed by atoms with Gasteiger partial charge >= 0.3 is 12.0 Å². The van der Waals surface area contributed by atoms with E-state index in [1.807, 2.05) is 0 Å². The predicted molar refractivity (Wildman–Crippen MR) is 67.1 cm³/mol. The third-order valence-corrected chi connectivity index (χ3v) is 3.02. The summed E-state index contributed by atoms with van der Waals surface area (Å²) < 4.78 is 4.96. The number of aromatic nitrogens is 1. The van der Waals surface area contributed by atoms with Crippen LogP contribution in [-0.2, 0) is 4.79 Å². The Labute approximate surface area is 110 Å². The number of rotatable bonds is 3. The van der Waals surface area contributed by atoms with Gasteiger partial charge in [-0.2, -0.15) is 0 Å². The maximum absolute atomic E-state index is 11.9. The average Bonchev–Trinajstić information content (AvgIpc) is 2.89. The molecule has 0 aromatic carbocycles. The van der Waals surface area contributed by atoms with Crippen LogP contribution in [0.3, 0.4) is 0 Å². The molecule has 1 atom stereocenters. The zero-order valence-corrected chi connectivity index (χ0v) is 10.5. The standard InChI is InChI=1S/C12H15N3O4/c1-19-10-6-9(2-4-13-10)14-12(18)15-5-3-8(7-15)11(16)17/h2,4,6,8H,3,5,7H2,1H3,(H,16,17)(H,13,14,18). The number of anilines is 1. The summed E-state index contributed by atoms with van der Waals surface area (Å²) in [5.41, 5.74) is 0.565. The Kier molecular flexibility index (Phi) is 3.84. The van der Waals surface area contributed by atoms with Crippen molar-refractivity contribution in [3.05, 3.63) is 18.3 Å². The van der Waals surface area contributed by atoms with Crippen molar-refractivity contribution in [2.45, 2.75) is 6.42 Å². The van der Waals surface area contributed by atoms with Crippen LogP contribution in [0, 0.1) is 5.92 Å². The van der Waals surface area contributed by atoms with Gasteiger partial charge in [0.05, 0.1) is 13.0 Å². The highest BCUT2D eigenvalue weighted by molar-refractivity contribution is 5.90. The Morgan fingerprint density at radius 3 is 3.00 bits per heavy atom. The minimum Gasteiger partial charge on any atom is -0.481 e. The fourth-order valence-corrected chi connectivity index (χ4v) is 1.95. The number of carboxylic acids is 1. The maximum atomic E-state index is 11.9. The molecule has 102 valence electrons. The number of aliphatic carboxylic acids is 1.